The average Bonchev–Trinajstić information content (AvgIpc) is 2.29. The Morgan fingerprint density at radius 2 is 2.06 bits per heavy atom. The van der Waals surface area contributed by atoms with Crippen LogP contribution >= 0.6 is 0 Å². The molecule has 102 valence electrons. The zero-order valence-electron chi connectivity index (χ0n) is 11.9. The van der Waals surface area contributed by atoms with Crippen molar-refractivity contribution in [3.63, 3.8) is 0 Å². The fraction of sp³-hybridized carbons (Fsp3) is 0.714. The molecule has 0 aliphatic carbocycles. The molecule has 1 rings (SSSR count). The fourth-order valence-corrected chi connectivity index (χ4v) is 1.76. The van der Waals surface area contributed by atoms with E-state index in [-0.39, 0.29) is 0 Å². The minimum Gasteiger partial charge on any atom is -0.478 e. The van der Waals surface area contributed by atoms with Crippen LogP contribution in [0.2, 0.25) is 0 Å². The van der Waals surface area contributed by atoms with Gasteiger partial charge in [-0.2, -0.15) is 4.98 Å². The van der Waals surface area contributed by atoms with Gasteiger partial charge in [0.25, 0.3) is 0 Å². The van der Waals surface area contributed by atoms with Gasteiger partial charge in [0.2, 0.25) is 11.8 Å². The van der Waals surface area contributed by atoms with Gasteiger partial charge in [-0.3, -0.25) is 0 Å². The Morgan fingerprint density at radius 1 is 1.28 bits per heavy atom. The monoisotopic (exact) mass is 251 g/mol. The largest absolute Gasteiger partial charge is 0.478 e. The van der Waals surface area contributed by atoms with Gasteiger partial charge in [0, 0.05) is 18.3 Å². The van der Waals surface area contributed by atoms with Gasteiger partial charge in [-0.25, -0.2) is 4.98 Å². The third-order valence-corrected chi connectivity index (χ3v) is 2.72. The highest BCUT2D eigenvalue weighted by Gasteiger charge is 2.05. The summed E-state index contributed by atoms with van der Waals surface area (Å²) in [7, 11) is 0. The van der Waals surface area contributed by atoms with Crippen molar-refractivity contribution in [2.75, 3.05) is 11.9 Å². The van der Waals surface area contributed by atoms with Crippen LogP contribution < -0.4 is 10.1 Å². The number of rotatable bonds is 8. The maximum absolute atomic E-state index is 5.35. The molecule has 0 saturated carbocycles. The molecule has 1 N–H and O–H groups in total. The number of hydrogen-bond donors (Lipinski definition) is 1. The smallest absolute Gasteiger partial charge is 0.226 e. The van der Waals surface area contributed by atoms with Gasteiger partial charge in [-0.1, -0.05) is 26.7 Å². The van der Waals surface area contributed by atoms with Gasteiger partial charge >= 0.3 is 0 Å². The molecular weight excluding hydrogens is 226 g/mol. The van der Waals surface area contributed by atoms with Crippen LogP contribution in [0.4, 0.5) is 5.95 Å². The van der Waals surface area contributed by atoms with Crippen LogP contribution in [0.3, 0.4) is 0 Å². The molecule has 0 radical (unpaired) electrons. The lowest BCUT2D eigenvalue weighted by molar-refractivity contribution is 0.326. The molecule has 0 saturated heterocycles. The zero-order chi connectivity index (χ0) is 13.4. The first-order chi connectivity index (χ1) is 8.61. The molecule has 0 bridgehead atoms. The second-order valence-electron chi connectivity index (χ2n) is 5.02. The molecule has 0 fully saturated rings. The molecule has 1 heterocycles. The highest BCUT2D eigenvalue weighted by atomic mass is 16.5. The Labute approximate surface area is 110 Å². The molecule has 4 heteroatoms. The fourth-order valence-electron chi connectivity index (χ4n) is 1.76. The standard InChI is InChI=1S/C14H25N3O/c1-5-18-13-9-10-15-14(17-13)16-12(4)8-6-7-11(2)3/h9-12H,5-8H2,1-4H3,(H,15,16,17). The van der Waals surface area contributed by atoms with E-state index >= 15 is 0 Å². The quantitative estimate of drug-likeness (QED) is 0.768. The Bertz CT molecular complexity index is 342. The lowest BCUT2D eigenvalue weighted by atomic mass is 10.0. The van der Waals surface area contributed by atoms with Crippen molar-refractivity contribution in [3.05, 3.63) is 12.3 Å². The van der Waals surface area contributed by atoms with E-state index < -0.39 is 0 Å². The molecule has 1 unspecified atom stereocenters. The first-order valence-corrected chi connectivity index (χ1v) is 6.84. The van der Waals surface area contributed by atoms with Crippen LogP contribution in [0, 0.1) is 5.92 Å². The summed E-state index contributed by atoms with van der Waals surface area (Å²) in [6.45, 7) is 9.25. The van der Waals surface area contributed by atoms with E-state index in [1.54, 1.807) is 12.3 Å². The minimum absolute atomic E-state index is 0.389. The van der Waals surface area contributed by atoms with Crippen molar-refractivity contribution in [2.24, 2.45) is 5.92 Å². The second-order valence-corrected chi connectivity index (χ2v) is 5.02. The highest BCUT2D eigenvalue weighted by Crippen LogP contribution is 2.13. The molecule has 0 aliphatic heterocycles. The summed E-state index contributed by atoms with van der Waals surface area (Å²) in [5.41, 5.74) is 0. The van der Waals surface area contributed by atoms with Gasteiger partial charge in [0.1, 0.15) is 0 Å². The molecular formula is C14H25N3O. The highest BCUT2D eigenvalue weighted by molar-refractivity contribution is 5.28. The van der Waals surface area contributed by atoms with Crippen LogP contribution in [0.5, 0.6) is 5.88 Å². The summed E-state index contributed by atoms with van der Waals surface area (Å²) in [4.78, 5) is 8.50. The summed E-state index contributed by atoms with van der Waals surface area (Å²) in [5, 5.41) is 3.31. The Balaban J connectivity index is 2.38. The van der Waals surface area contributed by atoms with Crippen molar-refractivity contribution < 1.29 is 4.74 Å². The summed E-state index contributed by atoms with van der Waals surface area (Å²) in [5.74, 6) is 2.05. The second kappa shape index (κ2) is 7.90. The first-order valence-electron chi connectivity index (χ1n) is 6.84. The van der Waals surface area contributed by atoms with E-state index in [4.69, 9.17) is 4.74 Å². The third-order valence-electron chi connectivity index (χ3n) is 2.72. The van der Waals surface area contributed by atoms with Crippen LogP contribution in [0.25, 0.3) is 0 Å². The summed E-state index contributed by atoms with van der Waals surface area (Å²) >= 11 is 0. The van der Waals surface area contributed by atoms with Crippen LogP contribution in [0.1, 0.15) is 47.0 Å². The molecule has 1 aromatic rings. The molecule has 1 aromatic heterocycles. The third kappa shape index (κ3) is 5.84. The number of aromatic nitrogens is 2. The number of anilines is 1. The Morgan fingerprint density at radius 3 is 2.72 bits per heavy atom. The molecule has 0 amide bonds. The van der Waals surface area contributed by atoms with Crippen molar-refractivity contribution in [3.8, 4) is 5.88 Å². The number of ether oxygens (including phenoxy) is 1. The molecule has 1 atom stereocenters. The average molecular weight is 251 g/mol. The Hall–Kier alpha value is -1.32. The Kier molecular flexibility index (Phi) is 6.47. The molecule has 18 heavy (non-hydrogen) atoms. The first kappa shape index (κ1) is 14.7. The minimum atomic E-state index is 0.389. The lowest BCUT2D eigenvalue weighted by Crippen LogP contribution is -2.17. The van der Waals surface area contributed by atoms with Crippen molar-refractivity contribution >= 4 is 5.95 Å². The normalized spacial score (nSPS) is 12.5. The van der Waals surface area contributed by atoms with Gasteiger partial charge in [0.15, 0.2) is 0 Å². The zero-order valence-corrected chi connectivity index (χ0v) is 11.9. The van der Waals surface area contributed by atoms with Crippen molar-refractivity contribution in [1.29, 1.82) is 0 Å². The predicted octanol–water partition coefficient (Wildman–Crippen LogP) is 3.50. The molecule has 0 aromatic carbocycles. The topological polar surface area (TPSA) is 47.0 Å². The summed E-state index contributed by atoms with van der Waals surface area (Å²) in [6.07, 6.45) is 5.37. The van der Waals surface area contributed by atoms with E-state index in [0.717, 1.165) is 12.3 Å². The van der Waals surface area contributed by atoms with Crippen LogP contribution in [0.15, 0.2) is 12.3 Å². The van der Waals surface area contributed by atoms with E-state index in [0.29, 0.717) is 24.5 Å². The van der Waals surface area contributed by atoms with Crippen molar-refractivity contribution in [1.82, 2.24) is 9.97 Å². The van der Waals surface area contributed by atoms with E-state index in [2.05, 4.69) is 36.1 Å². The summed E-state index contributed by atoms with van der Waals surface area (Å²) < 4.78 is 5.35. The number of nitrogens with one attached hydrogen (secondary N) is 1. The van der Waals surface area contributed by atoms with Crippen LogP contribution in [-0.2, 0) is 0 Å². The van der Waals surface area contributed by atoms with E-state index in [1.807, 2.05) is 6.92 Å². The molecule has 0 spiro atoms. The molecule has 4 nitrogen and oxygen atoms in total. The SMILES string of the molecule is CCOc1ccnc(NC(C)CCCC(C)C)n1. The maximum atomic E-state index is 5.35. The van der Waals surface area contributed by atoms with Gasteiger partial charge in [-0.15, -0.1) is 0 Å². The lowest BCUT2D eigenvalue weighted by Gasteiger charge is -2.14. The molecule has 0 aliphatic rings. The maximum Gasteiger partial charge on any atom is 0.226 e. The van der Waals surface area contributed by atoms with Gasteiger partial charge in [0.05, 0.1) is 6.61 Å². The van der Waals surface area contributed by atoms with Crippen LogP contribution in [-0.4, -0.2) is 22.6 Å². The van der Waals surface area contributed by atoms with Crippen molar-refractivity contribution in [2.45, 2.75) is 53.0 Å². The van der Waals surface area contributed by atoms with E-state index in [1.165, 1.54) is 12.8 Å². The van der Waals surface area contributed by atoms with E-state index in [9.17, 15) is 0 Å². The van der Waals surface area contributed by atoms with Gasteiger partial charge < -0.3 is 10.1 Å². The van der Waals surface area contributed by atoms with Gasteiger partial charge in [-0.05, 0) is 26.2 Å². The summed E-state index contributed by atoms with van der Waals surface area (Å²) in [6, 6.07) is 2.17. The number of nitrogens with zero attached hydrogens (tertiary/aromatic N) is 2. The predicted molar refractivity (Wildman–Crippen MR) is 75.0 cm³/mol. The number of hydrogen-bond acceptors (Lipinski definition) is 4.